The molecule has 5 rings (SSSR count). The van der Waals surface area contributed by atoms with Gasteiger partial charge in [-0.3, -0.25) is 14.3 Å². The summed E-state index contributed by atoms with van der Waals surface area (Å²) in [7, 11) is 3.63. The lowest BCUT2D eigenvalue weighted by Gasteiger charge is -2.32. The number of aromatic nitrogens is 4. The van der Waals surface area contributed by atoms with Gasteiger partial charge in [0.15, 0.2) is 5.78 Å². The fraction of sp³-hybridized carbons (Fsp3) is 0.296. The molecule has 36 heavy (non-hydrogen) atoms. The van der Waals surface area contributed by atoms with Crippen molar-refractivity contribution in [3.8, 4) is 17.1 Å². The summed E-state index contributed by atoms with van der Waals surface area (Å²) in [5, 5.41) is 5.45. The van der Waals surface area contributed by atoms with Gasteiger partial charge in [-0.25, -0.2) is 9.97 Å². The van der Waals surface area contributed by atoms with Gasteiger partial charge in [0.2, 0.25) is 11.8 Å². The third-order valence-corrected chi connectivity index (χ3v) is 6.41. The number of rotatable bonds is 7. The number of ether oxygens (including phenoxy) is 1. The van der Waals surface area contributed by atoms with Gasteiger partial charge >= 0.3 is 0 Å². The molecule has 1 aliphatic heterocycles. The number of nitrogens with zero attached hydrogens (tertiary/aromatic N) is 6. The molecule has 0 unspecified atom stereocenters. The van der Waals surface area contributed by atoms with Gasteiger partial charge in [-0.15, -0.1) is 0 Å². The number of benzene rings is 1. The van der Waals surface area contributed by atoms with Gasteiger partial charge < -0.3 is 14.5 Å². The van der Waals surface area contributed by atoms with E-state index in [-0.39, 0.29) is 24.7 Å². The summed E-state index contributed by atoms with van der Waals surface area (Å²) in [6.07, 6.45) is 3.76. The summed E-state index contributed by atoms with van der Waals surface area (Å²) in [4.78, 5) is 38.5. The lowest BCUT2D eigenvalue weighted by Crippen LogP contribution is -2.48. The van der Waals surface area contributed by atoms with E-state index in [1.807, 2.05) is 47.5 Å². The third-order valence-electron chi connectivity index (χ3n) is 6.41. The van der Waals surface area contributed by atoms with Gasteiger partial charge in [0, 0.05) is 62.0 Å². The largest absolute Gasteiger partial charge is 0.481 e. The molecule has 3 aromatic heterocycles. The number of hydrogen-bond acceptors (Lipinski definition) is 7. The van der Waals surface area contributed by atoms with Gasteiger partial charge in [-0.2, -0.15) is 5.10 Å². The monoisotopic (exact) mass is 484 g/mol. The molecule has 0 aliphatic carbocycles. The predicted octanol–water partition coefficient (Wildman–Crippen LogP) is 2.70. The Bertz CT molecular complexity index is 1390. The van der Waals surface area contributed by atoms with Gasteiger partial charge in [-0.05, 0) is 42.9 Å². The van der Waals surface area contributed by atoms with Crippen LogP contribution in [0.4, 0.5) is 0 Å². The van der Waals surface area contributed by atoms with Crippen molar-refractivity contribution in [2.75, 3.05) is 40.3 Å². The average molecular weight is 485 g/mol. The Morgan fingerprint density at radius 1 is 1.03 bits per heavy atom. The fourth-order valence-corrected chi connectivity index (χ4v) is 4.29. The number of piperazine rings is 1. The van der Waals surface area contributed by atoms with Crippen molar-refractivity contribution in [2.45, 2.75) is 13.0 Å². The third kappa shape index (κ3) is 5.26. The van der Waals surface area contributed by atoms with Crippen LogP contribution in [-0.4, -0.2) is 81.6 Å². The van der Waals surface area contributed by atoms with Gasteiger partial charge in [0.25, 0.3) is 0 Å². The molecule has 184 valence electrons. The standard InChI is InChI=1S/C27H28N6O3/c1-31-10-12-32(13-11-31)27(35)18-33-17-21-14-19(6-8-23(21)30-33)15-25(34)24-5-3-4-22(29-24)20-7-9-26(36-2)28-16-20/h3-9,14,16-17H,10-13,15,18H2,1-2H3. The zero-order chi connectivity index (χ0) is 25.1. The molecule has 4 aromatic rings. The molecule has 1 amide bonds. The topological polar surface area (TPSA) is 93.4 Å². The van der Waals surface area contributed by atoms with Crippen LogP contribution in [0.3, 0.4) is 0 Å². The van der Waals surface area contributed by atoms with Crippen LogP contribution in [0.25, 0.3) is 22.2 Å². The van der Waals surface area contributed by atoms with Gasteiger partial charge in [-0.1, -0.05) is 12.1 Å². The molecule has 1 saturated heterocycles. The number of likely N-dealkylation sites (N-methyl/N-ethyl adjacent to an activating group) is 1. The first kappa shape index (κ1) is 23.6. The molecule has 0 atom stereocenters. The predicted molar refractivity (Wildman–Crippen MR) is 136 cm³/mol. The minimum absolute atomic E-state index is 0.0734. The number of carbonyl (C=O) groups is 2. The highest BCUT2D eigenvalue weighted by atomic mass is 16.5. The SMILES string of the molecule is COc1ccc(-c2cccc(C(=O)Cc3ccc4nn(CC(=O)N5CCN(C)CC5)cc4c3)n2)cn1. The van der Waals surface area contributed by atoms with Gasteiger partial charge in [0.05, 0.1) is 18.3 Å². The molecule has 4 heterocycles. The van der Waals surface area contributed by atoms with Crippen LogP contribution in [0.5, 0.6) is 5.88 Å². The van der Waals surface area contributed by atoms with Crippen molar-refractivity contribution in [3.05, 3.63) is 72.2 Å². The summed E-state index contributed by atoms with van der Waals surface area (Å²) in [5.41, 5.74) is 3.56. The second kappa shape index (κ2) is 10.2. The van der Waals surface area contributed by atoms with Crippen molar-refractivity contribution < 1.29 is 14.3 Å². The van der Waals surface area contributed by atoms with Crippen molar-refractivity contribution in [1.29, 1.82) is 0 Å². The van der Waals surface area contributed by atoms with E-state index >= 15 is 0 Å². The first-order chi connectivity index (χ1) is 17.5. The normalized spacial score (nSPS) is 14.2. The van der Waals surface area contributed by atoms with Gasteiger partial charge in [0.1, 0.15) is 12.2 Å². The van der Waals surface area contributed by atoms with Crippen molar-refractivity contribution >= 4 is 22.6 Å². The van der Waals surface area contributed by atoms with Crippen LogP contribution in [0.1, 0.15) is 16.1 Å². The summed E-state index contributed by atoms with van der Waals surface area (Å²) in [6, 6.07) is 14.8. The number of methoxy groups -OCH3 is 1. The summed E-state index contributed by atoms with van der Waals surface area (Å²) in [5.74, 6) is 0.521. The average Bonchev–Trinajstić information content (AvgIpc) is 3.30. The maximum Gasteiger partial charge on any atom is 0.244 e. The highest BCUT2D eigenvalue weighted by Crippen LogP contribution is 2.20. The number of hydrogen-bond donors (Lipinski definition) is 0. The summed E-state index contributed by atoms with van der Waals surface area (Å²) < 4.78 is 6.79. The quantitative estimate of drug-likeness (QED) is 0.372. The minimum Gasteiger partial charge on any atom is -0.481 e. The van der Waals surface area contributed by atoms with E-state index in [0.29, 0.717) is 17.3 Å². The molecule has 0 radical (unpaired) electrons. The lowest BCUT2D eigenvalue weighted by molar-refractivity contribution is -0.133. The zero-order valence-electron chi connectivity index (χ0n) is 20.4. The van der Waals surface area contributed by atoms with Crippen LogP contribution in [0, 0.1) is 0 Å². The molecule has 1 fully saturated rings. The second-order valence-corrected chi connectivity index (χ2v) is 9.00. The smallest absolute Gasteiger partial charge is 0.244 e. The summed E-state index contributed by atoms with van der Waals surface area (Å²) >= 11 is 0. The Morgan fingerprint density at radius 2 is 1.86 bits per heavy atom. The molecular weight excluding hydrogens is 456 g/mol. The van der Waals surface area contributed by atoms with Crippen molar-refractivity contribution in [2.24, 2.45) is 0 Å². The van der Waals surface area contributed by atoms with E-state index in [1.165, 1.54) is 0 Å². The van der Waals surface area contributed by atoms with Crippen LogP contribution >= 0.6 is 0 Å². The van der Waals surface area contributed by atoms with E-state index < -0.39 is 0 Å². The zero-order valence-corrected chi connectivity index (χ0v) is 20.4. The molecular formula is C27H28N6O3. The number of Topliss-reactive ketones (excluding diaryl/α,β-unsaturated/α-hetero) is 1. The number of fused-ring (bicyclic) bond motifs is 1. The molecule has 0 N–H and O–H groups in total. The Kier molecular flexibility index (Phi) is 6.73. The molecule has 9 nitrogen and oxygen atoms in total. The van der Waals surface area contributed by atoms with E-state index in [0.717, 1.165) is 48.2 Å². The number of ketones is 1. The number of carbonyl (C=O) groups excluding carboxylic acids is 2. The van der Waals surface area contributed by atoms with Crippen molar-refractivity contribution in [3.63, 3.8) is 0 Å². The molecule has 0 saturated carbocycles. The fourth-order valence-electron chi connectivity index (χ4n) is 4.29. The van der Waals surface area contributed by atoms with Crippen LogP contribution in [0.15, 0.2) is 60.9 Å². The van der Waals surface area contributed by atoms with E-state index in [4.69, 9.17) is 4.74 Å². The van der Waals surface area contributed by atoms with Crippen LogP contribution in [0.2, 0.25) is 0 Å². The molecule has 1 aliphatic rings. The van der Waals surface area contributed by atoms with Crippen LogP contribution in [-0.2, 0) is 17.8 Å². The molecule has 9 heteroatoms. The maximum atomic E-state index is 13.0. The number of pyridine rings is 2. The minimum atomic E-state index is -0.0738. The van der Waals surface area contributed by atoms with Crippen molar-refractivity contribution in [1.82, 2.24) is 29.5 Å². The molecule has 1 aromatic carbocycles. The van der Waals surface area contributed by atoms with E-state index in [9.17, 15) is 9.59 Å². The Morgan fingerprint density at radius 3 is 2.61 bits per heavy atom. The maximum absolute atomic E-state index is 13.0. The van der Waals surface area contributed by atoms with Crippen LogP contribution < -0.4 is 4.74 Å². The van der Waals surface area contributed by atoms with E-state index in [1.54, 1.807) is 30.1 Å². The lowest BCUT2D eigenvalue weighted by atomic mass is 10.0. The molecule has 0 spiro atoms. The van der Waals surface area contributed by atoms with E-state index in [2.05, 4.69) is 27.0 Å². The summed E-state index contributed by atoms with van der Waals surface area (Å²) in [6.45, 7) is 3.47. The first-order valence-corrected chi connectivity index (χ1v) is 11.9. The number of amides is 1. The Balaban J connectivity index is 1.27. The highest BCUT2D eigenvalue weighted by molar-refractivity contribution is 5.96. The first-order valence-electron chi connectivity index (χ1n) is 11.9. The Labute approximate surface area is 209 Å². The Hall–Kier alpha value is -4.11. The second-order valence-electron chi connectivity index (χ2n) is 9.00. The highest BCUT2D eigenvalue weighted by Gasteiger charge is 2.20. The molecule has 0 bridgehead atoms.